The fourth-order valence-electron chi connectivity index (χ4n) is 4.26. The highest BCUT2D eigenvalue weighted by Crippen LogP contribution is 2.28. The quantitative estimate of drug-likeness (QED) is 0.560. The van der Waals surface area contributed by atoms with E-state index in [4.69, 9.17) is 0 Å². The first-order valence-corrected chi connectivity index (χ1v) is 12.6. The maximum atomic E-state index is 14.7. The zero-order valence-corrected chi connectivity index (χ0v) is 20.1. The van der Waals surface area contributed by atoms with Gasteiger partial charge < -0.3 is 10.6 Å². The maximum Gasteiger partial charge on any atom is 0.254 e. The van der Waals surface area contributed by atoms with Crippen molar-refractivity contribution in [1.82, 2.24) is 14.9 Å². The van der Waals surface area contributed by atoms with Crippen LogP contribution in [0.25, 0.3) is 0 Å². The third-order valence-electron chi connectivity index (χ3n) is 6.07. The van der Waals surface area contributed by atoms with Gasteiger partial charge in [-0.1, -0.05) is 50.8 Å². The molecule has 0 radical (unpaired) electrons. The lowest BCUT2D eigenvalue weighted by Gasteiger charge is -2.40. The topological polar surface area (TPSA) is 95.6 Å². The first-order valence-electron chi connectivity index (χ1n) is 11.2. The Bertz CT molecular complexity index is 1140. The minimum atomic E-state index is -3.97. The number of nitrogens with one attached hydrogen (secondary N) is 2. The normalized spacial score (nSPS) is 21.0. The Balaban J connectivity index is 1.67. The summed E-state index contributed by atoms with van der Waals surface area (Å²) in [5.41, 5.74) is 0.834. The lowest BCUT2D eigenvalue weighted by atomic mass is 9.87. The molecule has 0 saturated carbocycles. The molecule has 0 aromatic heterocycles. The molecule has 0 spiro atoms. The van der Waals surface area contributed by atoms with Crippen LogP contribution in [0.15, 0.2) is 66.1 Å². The first-order chi connectivity index (χ1) is 16.1. The Hall–Kier alpha value is -3.04. The number of sulfonamides is 1. The van der Waals surface area contributed by atoms with Crippen LogP contribution in [0, 0.1) is 17.7 Å². The summed E-state index contributed by atoms with van der Waals surface area (Å²) in [6, 6.07) is 12.7. The Labute approximate surface area is 200 Å². The molecule has 0 bridgehead atoms. The SMILES string of the molecule is C=CC(=O)NC1C(C)CN(S(=O)(=O)c2ccc(C(=O)NCCc3ccccc3)c(F)c2)CC1C. The van der Waals surface area contributed by atoms with Gasteiger partial charge in [0.15, 0.2) is 0 Å². The Morgan fingerprint density at radius 1 is 1.12 bits per heavy atom. The molecule has 2 aromatic rings. The van der Waals surface area contributed by atoms with Crippen LogP contribution in [0.1, 0.15) is 29.8 Å². The molecule has 9 heteroatoms. The van der Waals surface area contributed by atoms with E-state index in [0.29, 0.717) is 13.0 Å². The van der Waals surface area contributed by atoms with Crippen molar-refractivity contribution in [2.45, 2.75) is 31.2 Å². The minimum Gasteiger partial charge on any atom is -0.352 e. The summed E-state index contributed by atoms with van der Waals surface area (Å²) in [6.45, 7) is 7.85. The van der Waals surface area contributed by atoms with Crippen molar-refractivity contribution in [3.63, 3.8) is 0 Å². The van der Waals surface area contributed by atoms with Crippen molar-refractivity contribution in [3.8, 4) is 0 Å². The smallest absolute Gasteiger partial charge is 0.254 e. The number of piperidine rings is 1. The van der Waals surface area contributed by atoms with Gasteiger partial charge in [0, 0.05) is 25.7 Å². The average molecular weight is 488 g/mol. The van der Waals surface area contributed by atoms with E-state index in [0.717, 1.165) is 11.6 Å². The zero-order valence-electron chi connectivity index (χ0n) is 19.3. The van der Waals surface area contributed by atoms with Gasteiger partial charge in [-0.05, 0) is 48.1 Å². The first kappa shape index (κ1) is 25.6. The fraction of sp³-hybridized carbons (Fsp3) is 0.360. The van der Waals surface area contributed by atoms with E-state index in [1.807, 2.05) is 44.2 Å². The molecule has 2 amide bonds. The van der Waals surface area contributed by atoms with Crippen molar-refractivity contribution in [1.29, 1.82) is 0 Å². The van der Waals surface area contributed by atoms with Gasteiger partial charge in [-0.25, -0.2) is 12.8 Å². The molecule has 1 aliphatic rings. The van der Waals surface area contributed by atoms with Crippen molar-refractivity contribution in [2.75, 3.05) is 19.6 Å². The van der Waals surface area contributed by atoms with Gasteiger partial charge in [-0.2, -0.15) is 4.31 Å². The molecule has 2 N–H and O–H groups in total. The second-order valence-electron chi connectivity index (χ2n) is 8.65. The molecule has 2 atom stereocenters. The number of nitrogens with zero attached hydrogens (tertiary/aromatic N) is 1. The number of hydrogen-bond acceptors (Lipinski definition) is 4. The van der Waals surface area contributed by atoms with Crippen LogP contribution >= 0.6 is 0 Å². The van der Waals surface area contributed by atoms with E-state index in [9.17, 15) is 22.4 Å². The summed E-state index contributed by atoms with van der Waals surface area (Å²) in [6.07, 6.45) is 1.78. The Morgan fingerprint density at radius 3 is 2.35 bits per heavy atom. The van der Waals surface area contributed by atoms with Gasteiger partial charge in [0.25, 0.3) is 5.91 Å². The molecule has 3 rings (SSSR count). The van der Waals surface area contributed by atoms with Crippen LogP contribution in [-0.4, -0.2) is 50.2 Å². The average Bonchev–Trinajstić information content (AvgIpc) is 2.81. The summed E-state index contributed by atoms with van der Waals surface area (Å²) in [5.74, 6) is -2.10. The third-order valence-corrected chi connectivity index (χ3v) is 7.90. The number of benzene rings is 2. The van der Waals surface area contributed by atoms with E-state index in [-0.39, 0.29) is 47.3 Å². The lowest BCUT2D eigenvalue weighted by Crippen LogP contribution is -2.55. The van der Waals surface area contributed by atoms with Crippen LogP contribution in [0.3, 0.4) is 0 Å². The van der Waals surface area contributed by atoms with Crippen molar-refractivity contribution >= 4 is 21.8 Å². The Morgan fingerprint density at radius 2 is 1.76 bits per heavy atom. The van der Waals surface area contributed by atoms with Crippen LogP contribution in [-0.2, 0) is 21.2 Å². The van der Waals surface area contributed by atoms with Gasteiger partial charge in [-0.15, -0.1) is 0 Å². The minimum absolute atomic E-state index is 0.151. The highest BCUT2D eigenvalue weighted by Gasteiger charge is 2.38. The molecule has 182 valence electrons. The molecule has 1 saturated heterocycles. The van der Waals surface area contributed by atoms with E-state index in [1.54, 1.807) is 0 Å². The highest BCUT2D eigenvalue weighted by molar-refractivity contribution is 7.89. The predicted octanol–water partition coefficient (Wildman–Crippen LogP) is 2.75. The highest BCUT2D eigenvalue weighted by atomic mass is 32.2. The van der Waals surface area contributed by atoms with Crippen molar-refractivity contribution < 1.29 is 22.4 Å². The van der Waals surface area contributed by atoms with Gasteiger partial charge in [-0.3, -0.25) is 9.59 Å². The fourth-order valence-corrected chi connectivity index (χ4v) is 5.91. The largest absolute Gasteiger partial charge is 0.352 e. The van der Waals surface area contributed by atoms with Crippen LogP contribution in [0.2, 0.25) is 0 Å². The van der Waals surface area contributed by atoms with Crippen molar-refractivity contribution in [3.05, 3.63) is 78.1 Å². The van der Waals surface area contributed by atoms with Crippen LogP contribution in [0.4, 0.5) is 4.39 Å². The molecule has 1 heterocycles. The summed E-state index contributed by atoms with van der Waals surface area (Å²) in [7, 11) is -3.97. The number of amides is 2. The monoisotopic (exact) mass is 487 g/mol. The second-order valence-corrected chi connectivity index (χ2v) is 10.6. The molecular weight excluding hydrogens is 457 g/mol. The number of carbonyl (C=O) groups is 2. The van der Waals surface area contributed by atoms with Gasteiger partial charge in [0.2, 0.25) is 15.9 Å². The molecule has 1 fully saturated rings. The maximum absolute atomic E-state index is 14.7. The molecule has 2 aromatic carbocycles. The Kier molecular flexibility index (Phi) is 8.22. The zero-order chi connectivity index (χ0) is 24.9. The van der Waals surface area contributed by atoms with E-state index >= 15 is 0 Å². The van der Waals surface area contributed by atoms with Gasteiger partial charge >= 0.3 is 0 Å². The summed E-state index contributed by atoms with van der Waals surface area (Å²) >= 11 is 0. The second kappa shape index (κ2) is 10.9. The van der Waals surface area contributed by atoms with E-state index in [2.05, 4.69) is 17.2 Å². The van der Waals surface area contributed by atoms with E-state index < -0.39 is 21.7 Å². The number of carbonyl (C=O) groups excluding carboxylic acids is 2. The summed E-state index contributed by atoms with van der Waals surface area (Å²) < 4.78 is 42.4. The summed E-state index contributed by atoms with van der Waals surface area (Å²) in [4.78, 5) is 23.9. The number of halogens is 1. The van der Waals surface area contributed by atoms with Gasteiger partial charge in [0.05, 0.1) is 10.5 Å². The molecule has 0 aliphatic carbocycles. The molecular formula is C25H30FN3O4S. The lowest BCUT2D eigenvalue weighted by molar-refractivity contribution is -0.118. The van der Waals surface area contributed by atoms with Crippen LogP contribution < -0.4 is 10.6 Å². The summed E-state index contributed by atoms with van der Waals surface area (Å²) in [5, 5.41) is 5.52. The van der Waals surface area contributed by atoms with Crippen molar-refractivity contribution in [2.24, 2.45) is 11.8 Å². The van der Waals surface area contributed by atoms with Crippen LogP contribution in [0.5, 0.6) is 0 Å². The molecule has 34 heavy (non-hydrogen) atoms. The number of rotatable bonds is 8. The third kappa shape index (κ3) is 5.90. The van der Waals surface area contributed by atoms with E-state index in [1.165, 1.54) is 22.5 Å². The predicted molar refractivity (Wildman–Crippen MR) is 128 cm³/mol. The standard InChI is InChI=1S/C25H30FN3O4S/c1-4-23(30)28-24-17(2)15-29(16-18(24)3)34(32,33)20-10-11-21(22(26)14-20)25(31)27-13-12-19-8-6-5-7-9-19/h4-11,14,17-18,24H,1,12-13,15-16H2,2-3H3,(H,27,31)(H,28,30). The van der Waals surface area contributed by atoms with Gasteiger partial charge in [0.1, 0.15) is 5.82 Å². The molecule has 1 aliphatic heterocycles. The molecule has 2 unspecified atom stereocenters. The number of hydrogen-bond donors (Lipinski definition) is 2. The molecule has 7 nitrogen and oxygen atoms in total.